The van der Waals surface area contributed by atoms with E-state index in [1.165, 1.54) is 24.0 Å². The Kier molecular flexibility index (Phi) is 7.40. The van der Waals surface area contributed by atoms with Crippen molar-refractivity contribution in [3.63, 3.8) is 0 Å². The van der Waals surface area contributed by atoms with Gasteiger partial charge in [-0.1, -0.05) is 18.2 Å². The molecule has 154 valence electrons. The number of halogens is 1. The summed E-state index contributed by atoms with van der Waals surface area (Å²) in [6, 6.07) is 9.95. The second-order valence-corrected chi connectivity index (χ2v) is 7.71. The number of hydrogen-bond donors (Lipinski definition) is 1. The number of carbonyl (C=O) groups is 2. The number of pyridine rings is 1. The van der Waals surface area contributed by atoms with E-state index in [1.807, 2.05) is 35.4 Å². The number of Topliss-reactive ketones (excluding diaryl/α,β-unsaturated/α-hetero) is 1. The van der Waals surface area contributed by atoms with Gasteiger partial charge in [0.1, 0.15) is 0 Å². The van der Waals surface area contributed by atoms with E-state index in [0.717, 1.165) is 37.1 Å². The average molecular weight is 414 g/mol. The molecule has 1 fully saturated rings. The first kappa shape index (κ1) is 21.5. The molecule has 2 aromatic rings. The van der Waals surface area contributed by atoms with Crippen LogP contribution >= 0.6 is 12.4 Å². The third-order valence-electron chi connectivity index (χ3n) is 5.87. The number of rotatable bonds is 5. The van der Waals surface area contributed by atoms with Gasteiger partial charge in [0.2, 0.25) is 5.91 Å². The van der Waals surface area contributed by atoms with Gasteiger partial charge in [-0.15, -0.1) is 12.4 Å². The van der Waals surface area contributed by atoms with Gasteiger partial charge in [0.15, 0.2) is 5.78 Å². The highest BCUT2D eigenvalue weighted by atomic mass is 35.5. The molecule has 29 heavy (non-hydrogen) atoms. The first-order chi connectivity index (χ1) is 13.7. The average Bonchev–Trinajstić information content (AvgIpc) is 2.77. The lowest BCUT2D eigenvalue weighted by molar-refractivity contribution is -0.134. The van der Waals surface area contributed by atoms with Crippen molar-refractivity contribution in [2.45, 2.75) is 44.6 Å². The van der Waals surface area contributed by atoms with Crippen molar-refractivity contribution in [1.82, 2.24) is 15.2 Å². The number of amides is 1. The molecular formula is C23H28ClN3O2. The maximum absolute atomic E-state index is 12.9. The molecule has 1 amide bonds. The van der Waals surface area contributed by atoms with Crippen LogP contribution in [0.1, 0.15) is 58.8 Å². The van der Waals surface area contributed by atoms with Gasteiger partial charge < -0.3 is 10.2 Å². The fourth-order valence-electron chi connectivity index (χ4n) is 4.29. The van der Waals surface area contributed by atoms with Crippen molar-refractivity contribution < 1.29 is 9.59 Å². The predicted octanol–water partition coefficient (Wildman–Crippen LogP) is 3.52. The topological polar surface area (TPSA) is 62.3 Å². The smallest absolute Gasteiger partial charge is 0.223 e. The van der Waals surface area contributed by atoms with Crippen LogP contribution in [0.15, 0.2) is 42.7 Å². The highest BCUT2D eigenvalue weighted by molar-refractivity contribution is 5.98. The molecule has 2 heterocycles. The molecule has 1 aromatic carbocycles. The van der Waals surface area contributed by atoms with Gasteiger partial charge in [-0.3, -0.25) is 14.6 Å². The minimum Gasteiger partial charge on any atom is -0.333 e. The summed E-state index contributed by atoms with van der Waals surface area (Å²) in [5.74, 6) is 0.108. The van der Waals surface area contributed by atoms with E-state index in [2.05, 4.69) is 16.4 Å². The van der Waals surface area contributed by atoms with Gasteiger partial charge in [0.05, 0.1) is 6.04 Å². The van der Waals surface area contributed by atoms with Crippen LogP contribution < -0.4 is 5.32 Å². The number of piperazine rings is 1. The van der Waals surface area contributed by atoms with Crippen LogP contribution in [0.25, 0.3) is 0 Å². The van der Waals surface area contributed by atoms with E-state index in [1.54, 1.807) is 6.20 Å². The normalized spacial score (nSPS) is 18.5. The molecule has 5 nitrogen and oxygen atoms in total. The Bertz CT molecular complexity index is 856. The summed E-state index contributed by atoms with van der Waals surface area (Å²) in [5, 5.41) is 3.35. The van der Waals surface area contributed by atoms with Crippen LogP contribution in [0.2, 0.25) is 0 Å². The molecule has 1 saturated heterocycles. The number of nitrogens with one attached hydrogen (secondary N) is 1. The van der Waals surface area contributed by atoms with Crippen molar-refractivity contribution in [1.29, 1.82) is 0 Å². The molecular weight excluding hydrogens is 386 g/mol. The number of aryl methyl sites for hydroxylation is 2. The molecule has 1 aromatic heterocycles. The van der Waals surface area contributed by atoms with Gasteiger partial charge in [0.25, 0.3) is 0 Å². The Morgan fingerprint density at radius 3 is 2.72 bits per heavy atom. The van der Waals surface area contributed by atoms with Crippen LogP contribution in [0, 0.1) is 0 Å². The second-order valence-electron chi connectivity index (χ2n) is 7.71. The summed E-state index contributed by atoms with van der Waals surface area (Å²) in [6.45, 7) is 2.16. The third-order valence-corrected chi connectivity index (χ3v) is 5.87. The number of aromatic nitrogens is 1. The lowest BCUT2D eigenvalue weighted by Crippen LogP contribution is -2.48. The molecule has 2 aliphatic rings. The third kappa shape index (κ3) is 5.03. The Balaban J connectivity index is 0.00000240. The molecule has 6 heteroatoms. The van der Waals surface area contributed by atoms with Crippen molar-refractivity contribution in [2.24, 2.45) is 0 Å². The molecule has 1 aliphatic carbocycles. The van der Waals surface area contributed by atoms with Crippen molar-refractivity contribution in [3.8, 4) is 0 Å². The zero-order valence-electron chi connectivity index (χ0n) is 16.6. The lowest BCUT2D eigenvalue weighted by atomic mass is 9.89. The Labute approximate surface area is 178 Å². The first-order valence-electron chi connectivity index (χ1n) is 10.3. The lowest BCUT2D eigenvalue weighted by Gasteiger charge is -2.36. The number of ketones is 1. The highest BCUT2D eigenvalue weighted by Crippen LogP contribution is 2.24. The monoisotopic (exact) mass is 413 g/mol. The summed E-state index contributed by atoms with van der Waals surface area (Å²) in [6.07, 6.45) is 8.68. The number of nitrogens with zero attached hydrogens (tertiary/aromatic N) is 2. The van der Waals surface area contributed by atoms with E-state index in [4.69, 9.17) is 0 Å². The maximum atomic E-state index is 12.9. The van der Waals surface area contributed by atoms with Crippen LogP contribution in [-0.2, 0) is 17.6 Å². The standard InChI is InChI=1S/C23H27N3O2.ClH/c27-22(19-8-7-17-4-1-2-5-18(17)14-19)9-10-23(28)26-13-12-25-16-21(26)20-6-3-11-24-15-20;/h3,6-8,11,14-15,21,25H,1-2,4-5,9-10,12-13,16H2;1H. The summed E-state index contributed by atoms with van der Waals surface area (Å²) < 4.78 is 0. The summed E-state index contributed by atoms with van der Waals surface area (Å²) in [4.78, 5) is 31.6. The molecule has 4 rings (SSSR count). The van der Waals surface area contributed by atoms with Crippen LogP contribution in [0.3, 0.4) is 0 Å². The zero-order chi connectivity index (χ0) is 19.3. The van der Waals surface area contributed by atoms with Crippen LogP contribution in [0.4, 0.5) is 0 Å². The predicted molar refractivity (Wildman–Crippen MR) is 115 cm³/mol. The van der Waals surface area contributed by atoms with E-state index in [-0.39, 0.29) is 43.0 Å². The fourth-order valence-corrected chi connectivity index (χ4v) is 4.29. The molecule has 1 N–H and O–H groups in total. The summed E-state index contributed by atoms with van der Waals surface area (Å²) in [7, 11) is 0. The number of benzene rings is 1. The minimum absolute atomic E-state index is 0. The summed E-state index contributed by atoms with van der Waals surface area (Å²) >= 11 is 0. The molecule has 1 unspecified atom stereocenters. The summed E-state index contributed by atoms with van der Waals surface area (Å²) in [5.41, 5.74) is 4.46. The van der Waals surface area contributed by atoms with Crippen LogP contribution in [-0.4, -0.2) is 41.2 Å². The Morgan fingerprint density at radius 2 is 1.93 bits per heavy atom. The minimum atomic E-state index is -0.0196. The fraction of sp³-hybridized carbons (Fsp3) is 0.435. The first-order valence-corrected chi connectivity index (χ1v) is 10.3. The molecule has 0 bridgehead atoms. The van der Waals surface area contributed by atoms with Crippen LogP contribution in [0.5, 0.6) is 0 Å². The molecule has 0 saturated carbocycles. The Hall–Kier alpha value is -2.24. The number of hydrogen-bond acceptors (Lipinski definition) is 4. The van der Waals surface area contributed by atoms with E-state index >= 15 is 0 Å². The van der Waals surface area contributed by atoms with Crippen molar-refractivity contribution in [3.05, 3.63) is 65.0 Å². The molecule has 0 spiro atoms. The van der Waals surface area contributed by atoms with Gasteiger partial charge in [-0.25, -0.2) is 0 Å². The van der Waals surface area contributed by atoms with Gasteiger partial charge >= 0.3 is 0 Å². The molecule has 1 atom stereocenters. The van der Waals surface area contributed by atoms with Crippen molar-refractivity contribution in [2.75, 3.05) is 19.6 Å². The number of carbonyl (C=O) groups excluding carboxylic acids is 2. The highest BCUT2D eigenvalue weighted by Gasteiger charge is 2.28. The van der Waals surface area contributed by atoms with Gasteiger partial charge in [-0.05, 0) is 54.5 Å². The maximum Gasteiger partial charge on any atom is 0.223 e. The largest absolute Gasteiger partial charge is 0.333 e. The SMILES string of the molecule is Cl.O=C(CCC(=O)N1CCNCC1c1cccnc1)c1ccc2c(c1)CCCC2. The second kappa shape index (κ2) is 9.99. The number of fused-ring (bicyclic) bond motifs is 1. The molecule has 1 aliphatic heterocycles. The Morgan fingerprint density at radius 1 is 1.10 bits per heavy atom. The van der Waals surface area contributed by atoms with Gasteiger partial charge in [0, 0.05) is 50.4 Å². The van der Waals surface area contributed by atoms with E-state index < -0.39 is 0 Å². The van der Waals surface area contributed by atoms with E-state index in [0.29, 0.717) is 6.54 Å². The van der Waals surface area contributed by atoms with Gasteiger partial charge in [-0.2, -0.15) is 0 Å². The molecule has 0 radical (unpaired) electrons. The zero-order valence-corrected chi connectivity index (χ0v) is 17.4. The van der Waals surface area contributed by atoms with Crippen molar-refractivity contribution >= 4 is 24.1 Å². The van der Waals surface area contributed by atoms with E-state index in [9.17, 15) is 9.59 Å². The quantitative estimate of drug-likeness (QED) is 0.762.